The maximum absolute atomic E-state index is 12.8. The van der Waals surface area contributed by atoms with Crippen LogP contribution in [-0.2, 0) is 9.22 Å². The minimum Gasteiger partial charge on any atom is -0.403 e. The lowest BCUT2D eigenvalue weighted by molar-refractivity contribution is -0.154. The van der Waals surface area contributed by atoms with Crippen molar-refractivity contribution in [3.63, 3.8) is 0 Å². The van der Waals surface area contributed by atoms with E-state index < -0.39 is 14.4 Å². The topological polar surface area (TPSA) is 46.6 Å². The molecule has 1 heterocycles. The molecule has 0 radical (unpaired) electrons. The zero-order valence-electron chi connectivity index (χ0n) is 15.9. The quantitative estimate of drug-likeness (QED) is 0.314. The third-order valence-electron chi connectivity index (χ3n) is 5.14. The molecule has 4 nitrogen and oxygen atoms in total. The van der Waals surface area contributed by atoms with Crippen molar-refractivity contribution >= 4 is 20.1 Å². The van der Waals surface area contributed by atoms with Crippen LogP contribution in [-0.4, -0.2) is 37.2 Å². The Bertz CT molecular complexity index is 640. The van der Waals surface area contributed by atoms with Crippen molar-refractivity contribution in [3.8, 4) is 0 Å². The number of nitrogens with zero attached hydrogens (tertiary/aromatic N) is 1. The van der Waals surface area contributed by atoms with Gasteiger partial charge in [0.2, 0.25) is 0 Å². The van der Waals surface area contributed by atoms with Gasteiger partial charge in [0.1, 0.15) is 6.10 Å². The van der Waals surface area contributed by atoms with E-state index in [1.165, 1.54) is 4.90 Å². The molecular weight excluding hydrogens is 330 g/mol. The van der Waals surface area contributed by atoms with E-state index in [0.29, 0.717) is 5.56 Å². The highest BCUT2D eigenvalue weighted by molar-refractivity contribution is 6.73. The van der Waals surface area contributed by atoms with Crippen LogP contribution in [0.1, 0.15) is 45.0 Å². The second-order valence-corrected chi connectivity index (χ2v) is 11.6. The van der Waals surface area contributed by atoms with Crippen molar-refractivity contribution in [3.05, 3.63) is 47.5 Å². The van der Waals surface area contributed by atoms with Gasteiger partial charge in [0, 0.05) is 5.56 Å². The van der Waals surface area contributed by atoms with E-state index in [2.05, 4.69) is 20.8 Å². The molecule has 0 spiro atoms. The Labute approximate surface area is 152 Å². The molecule has 2 rings (SSSR count). The molecule has 0 aromatic heterocycles. The summed E-state index contributed by atoms with van der Waals surface area (Å²) in [6.45, 7) is 10.4. The average Bonchev–Trinajstić information content (AvgIpc) is 2.63. The van der Waals surface area contributed by atoms with Crippen LogP contribution in [0.4, 0.5) is 0 Å². The smallest absolute Gasteiger partial charge is 0.261 e. The molecule has 136 valence electrons. The van der Waals surface area contributed by atoms with Crippen molar-refractivity contribution in [2.45, 2.75) is 64.9 Å². The molecule has 2 atom stereocenters. The van der Waals surface area contributed by atoms with Gasteiger partial charge in [0.15, 0.2) is 8.32 Å². The van der Waals surface area contributed by atoms with E-state index in [1.807, 2.05) is 38.1 Å². The van der Waals surface area contributed by atoms with Crippen LogP contribution >= 0.6 is 0 Å². The molecule has 1 aromatic rings. The monoisotopic (exact) mass is 359 g/mol. The molecule has 1 fully saturated rings. The first-order valence-corrected chi connectivity index (χ1v) is 11.7. The number of allylic oxidation sites excluding steroid dienone is 1. The van der Waals surface area contributed by atoms with Crippen LogP contribution in [0.5, 0.6) is 0 Å². The predicted molar refractivity (Wildman–Crippen MR) is 103 cm³/mol. The van der Waals surface area contributed by atoms with E-state index in [-0.39, 0.29) is 17.9 Å². The molecule has 0 saturated carbocycles. The number of rotatable bonds is 7. The summed E-state index contributed by atoms with van der Waals surface area (Å²) in [6.07, 6.45) is 1.46. The summed E-state index contributed by atoms with van der Waals surface area (Å²) in [7, 11) is -1.92. The normalized spacial score (nSPS) is 20.2. The first-order chi connectivity index (χ1) is 11.9. The van der Waals surface area contributed by atoms with Gasteiger partial charge in [-0.1, -0.05) is 50.6 Å². The number of β-lactam (4-membered cyclic amide) rings is 1. The lowest BCUT2D eigenvalue weighted by Gasteiger charge is -2.47. The van der Waals surface area contributed by atoms with Gasteiger partial charge in [0.05, 0.1) is 6.04 Å². The van der Waals surface area contributed by atoms with Gasteiger partial charge in [0.25, 0.3) is 11.8 Å². The van der Waals surface area contributed by atoms with Crippen molar-refractivity contribution in [1.82, 2.24) is 4.90 Å². The summed E-state index contributed by atoms with van der Waals surface area (Å²) in [4.78, 5) is 26.9. The molecule has 2 amide bonds. The van der Waals surface area contributed by atoms with E-state index in [9.17, 15) is 9.59 Å². The Hall–Kier alpha value is -1.72. The summed E-state index contributed by atoms with van der Waals surface area (Å²) >= 11 is 0. The summed E-state index contributed by atoms with van der Waals surface area (Å²) in [5.74, 6) is -0.451. The summed E-state index contributed by atoms with van der Waals surface area (Å²) in [6, 6.07) is 11.6. The van der Waals surface area contributed by atoms with Crippen LogP contribution in [0.25, 0.3) is 0 Å². The molecule has 0 unspecified atom stereocenters. The fourth-order valence-electron chi connectivity index (χ4n) is 3.33. The SMILES string of the molecule is CC[Si](CC)(CC)O[C@@H]1C(=O)N(C(=O)c2ccccc2)[C@@H]1C=C(C)C. The number of benzene rings is 1. The number of imide groups is 1. The first kappa shape index (κ1) is 19.6. The second-order valence-electron chi connectivity index (χ2n) is 6.90. The van der Waals surface area contributed by atoms with Crippen molar-refractivity contribution in [2.75, 3.05) is 0 Å². The van der Waals surface area contributed by atoms with Crippen molar-refractivity contribution in [1.29, 1.82) is 0 Å². The molecule has 0 bridgehead atoms. The van der Waals surface area contributed by atoms with Gasteiger partial charge >= 0.3 is 0 Å². The third-order valence-corrected chi connectivity index (χ3v) is 9.76. The second kappa shape index (κ2) is 8.10. The van der Waals surface area contributed by atoms with Crippen molar-refractivity contribution < 1.29 is 14.0 Å². The Morgan fingerprint density at radius 2 is 1.68 bits per heavy atom. The minimum atomic E-state index is -1.92. The first-order valence-electron chi connectivity index (χ1n) is 9.14. The Kier molecular flexibility index (Phi) is 6.35. The third kappa shape index (κ3) is 3.93. The lowest BCUT2D eigenvalue weighted by atomic mass is 9.94. The Morgan fingerprint density at radius 1 is 1.12 bits per heavy atom. The lowest BCUT2D eigenvalue weighted by Crippen LogP contribution is -2.69. The number of carbonyl (C=O) groups is 2. The van der Waals surface area contributed by atoms with Gasteiger partial charge in [-0.15, -0.1) is 0 Å². The van der Waals surface area contributed by atoms with Crippen LogP contribution in [0.3, 0.4) is 0 Å². The number of hydrogen-bond acceptors (Lipinski definition) is 3. The van der Waals surface area contributed by atoms with Crippen LogP contribution in [0, 0.1) is 0 Å². The fraction of sp³-hybridized carbons (Fsp3) is 0.500. The number of hydrogen-bond donors (Lipinski definition) is 0. The molecule has 5 heteroatoms. The number of carbonyl (C=O) groups excluding carboxylic acids is 2. The predicted octanol–water partition coefficient (Wildman–Crippen LogP) is 4.39. The maximum Gasteiger partial charge on any atom is 0.261 e. The average molecular weight is 360 g/mol. The zero-order valence-corrected chi connectivity index (χ0v) is 16.9. The molecule has 0 aliphatic carbocycles. The van der Waals surface area contributed by atoms with Gasteiger partial charge in [-0.05, 0) is 44.1 Å². The summed E-state index contributed by atoms with van der Waals surface area (Å²) < 4.78 is 6.41. The molecule has 0 N–H and O–H groups in total. The molecule has 25 heavy (non-hydrogen) atoms. The van der Waals surface area contributed by atoms with Gasteiger partial charge in [-0.25, -0.2) is 0 Å². The molecule has 1 aliphatic heterocycles. The van der Waals surface area contributed by atoms with Gasteiger partial charge < -0.3 is 4.43 Å². The highest BCUT2D eigenvalue weighted by atomic mass is 28.4. The molecule has 1 saturated heterocycles. The largest absolute Gasteiger partial charge is 0.403 e. The maximum atomic E-state index is 12.8. The number of amides is 2. The van der Waals surface area contributed by atoms with Gasteiger partial charge in [-0.3, -0.25) is 14.5 Å². The Balaban J connectivity index is 2.28. The molecule has 1 aliphatic rings. The van der Waals surface area contributed by atoms with Crippen LogP contribution in [0.2, 0.25) is 18.1 Å². The molecule has 1 aromatic carbocycles. The summed E-state index contributed by atoms with van der Waals surface area (Å²) in [5.41, 5.74) is 1.61. The summed E-state index contributed by atoms with van der Waals surface area (Å²) in [5, 5.41) is 0. The van der Waals surface area contributed by atoms with E-state index in [1.54, 1.807) is 12.1 Å². The Morgan fingerprint density at radius 3 is 2.16 bits per heavy atom. The van der Waals surface area contributed by atoms with Gasteiger partial charge in [-0.2, -0.15) is 0 Å². The standard InChI is InChI=1S/C20H29NO3Si/c1-6-25(7-2,8-3)24-18-17(14-15(4)5)21(20(18)23)19(22)16-12-10-9-11-13-16/h9-14,17-18H,6-8H2,1-5H3/t17-,18+/m1/s1. The highest BCUT2D eigenvalue weighted by Crippen LogP contribution is 2.33. The van der Waals surface area contributed by atoms with Crippen molar-refractivity contribution in [2.24, 2.45) is 0 Å². The van der Waals surface area contributed by atoms with E-state index >= 15 is 0 Å². The van der Waals surface area contributed by atoms with Crippen LogP contribution < -0.4 is 0 Å². The zero-order chi connectivity index (χ0) is 18.6. The minimum absolute atomic E-state index is 0.205. The van der Waals surface area contributed by atoms with E-state index in [4.69, 9.17) is 4.43 Å². The highest BCUT2D eigenvalue weighted by Gasteiger charge is 2.53. The fourth-order valence-corrected chi connectivity index (χ4v) is 6.11. The number of likely N-dealkylation sites (tertiary alicyclic amines) is 1. The molecular formula is C20H29NO3Si. The van der Waals surface area contributed by atoms with Crippen LogP contribution in [0.15, 0.2) is 42.0 Å². The van der Waals surface area contributed by atoms with E-state index in [0.717, 1.165) is 23.7 Å².